The molecule has 1 amide bonds. The number of ether oxygens (including phenoxy) is 3. The summed E-state index contributed by atoms with van der Waals surface area (Å²) in [6.07, 6.45) is 1.52. The summed E-state index contributed by atoms with van der Waals surface area (Å²) < 4.78 is 15.5. The van der Waals surface area contributed by atoms with Gasteiger partial charge in [-0.15, -0.1) is 9.94 Å². The molecule has 1 N–H and O–H groups in total. The van der Waals surface area contributed by atoms with Gasteiger partial charge < -0.3 is 19.0 Å². The number of nitrogens with one attached hydrogen (secondary N) is 1. The van der Waals surface area contributed by atoms with Crippen LogP contribution in [-0.2, 0) is 35.9 Å². The van der Waals surface area contributed by atoms with Crippen molar-refractivity contribution in [1.29, 1.82) is 0 Å². The van der Waals surface area contributed by atoms with Gasteiger partial charge in [-0.25, -0.2) is 14.4 Å². The van der Waals surface area contributed by atoms with Crippen LogP contribution in [0.4, 0.5) is 4.79 Å². The molecule has 0 atom stereocenters. The van der Waals surface area contributed by atoms with Crippen molar-refractivity contribution in [3.63, 3.8) is 0 Å². The maximum absolute atomic E-state index is 13.0. The van der Waals surface area contributed by atoms with Gasteiger partial charge in [-0.2, -0.15) is 0 Å². The molecule has 2 aromatic rings. The molecule has 0 radical (unpaired) electrons. The first-order chi connectivity index (χ1) is 15.1. The lowest BCUT2D eigenvalue weighted by molar-refractivity contribution is -0.167. The van der Waals surface area contributed by atoms with Crippen LogP contribution in [0.1, 0.15) is 45.7 Å². The fourth-order valence-electron chi connectivity index (χ4n) is 2.71. The number of hydrogen-bond donors (Lipinski definition) is 1. The topological polar surface area (TPSA) is 118 Å². The van der Waals surface area contributed by atoms with Gasteiger partial charge in [0.1, 0.15) is 12.2 Å². The summed E-state index contributed by atoms with van der Waals surface area (Å²) in [6, 6.07) is 9.35. The quantitative estimate of drug-likeness (QED) is 0.354. The van der Waals surface area contributed by atoms with E-state index in [1.807, 2.05) is 30.3 Å². The van der Waals surface area contributed by atoms with Gasteiger partial charge in [0.2, 0.25) is 0 Å². The van der Waals surface area contributed by atoms with E-state index in [1.54, 1.807) is 34.6 Å². The minimum absolute atomic E-state index is 0.00618. The highest BCUT2D eigenvalue weighted by Crippen LogP contribution is 2.26. The van der Waals surface area contributed by atoms with E-state index in [0.29, 0.717) is 0 Å². The fourth-order valence-corrected chi connectivity index (χ4v) is 2.71. The van der Waals surface area contributed by atoms with Gasteiger partial charge in [-0.1, -0.05) is 30.3 Å². The molecule has 0 aliphatic carbocycles. The molecule has 32 heavy (non-hydrogen) atoms. The second-order valence-electron chi connectivity index (χ2n) is 7.71. The summed E-state index contributed by atoms with van der Waals surface area (Å²) in [7, 11) is 0. The second-order valence-corrected chi connectivity index (χ2v) is 7.71. The summed E-state index contributed by atoms with van der Waals surface area (Å²) in [5, 5.41) is 6.39. The van der Waals surface area contributed by atoms with Gasteiger partial charge in [0.15, 0.2) is 0 Å². The van der Waals surface area contributed by atoms with Crippen molar-refractivity contribution in [3.05, 3.63) is 53.9 Å². The molecule has 10 heteroatoms. The van der Waals surface area contributed by atoms with E-state index in [1.165, 1.54) is 12.4 Å². The lowest BCUT2D eigenvalue weighted by Gasteiger charge is -2.30. The number of aromatic nitrogens is 2. The Kier molecular flexibility index (Phi) is 8.22. The monoisotopic (exact) mass is 447 g/mol. The van der Waals surface area contributed by atoms with Gasteiger partial charge in [0.05, 0.1) is 25.6 Å². The molecule has 0 aliphatic heterocycles. The number of benzene rings is 1. The van der Waals surface area contributed by atoms with E-state index >= 15 is 0 Å². The first kappa shape index (κ1) is 24.7. The molecule has 0 saturated heterocycles. The van der Waals surface area contributed by atoms with Crippen molar-refractivity contribution < 1.29 is 33.4 Å². The van der Waals surface area contributed by atoms with Crippen LogP contribution >= 0.6 is 0 Å². The summed E-state index contributed by atoms with van der Waals surface area (Å²) in [6.45, 7) is 8.23. The van der Waals surface area contributed by atoms with Crippen molar-refractivity contribution in [3.8, 4) is 0 Å². The predicted molar refractivity (Wildman–Crippen MR) is 113 cm³/mol. The number of hydrogen-bond acceptors (Lipinski definition) is 8. The molecule has 1 aromatic carbocycles. The molecule has 2 rings (SSSR count). The Morgan fingerprint density at radius 3 is 2.12 bits per heavy atom. The maximum Gasteiger partial charge on any atom is 0.409 e. The zero-order valence-corrected chi connectivity index (χ0v) is 18.9. The summed E-state index contributed by atoms with van der Waals surface area (Å²) in [5.74, 6) is -2.07. The fraction of sp³-hybridized carbons (Fsp3) is 0.455. The molecular formula is C22H29N3O7. The lowest BCUT2D eigenvalue weighted by Crippen LogP contribution is -2.59. The Morgan fingerprint density at radius 1 is 1.00 bits per heavy atom. The molecule has 10 nitrogen and oxygen atoms in total. The van der Waals surface area contributed by atoms with Crippen LogP contribution in [0.15, 0.2) is 42.7 Å². The van der Waals surface area contributed by atoms with E-state index in [2.05, 4.69) is 10.4 Å². The predicted octanol–water partition coefficient (Wildman–Crippen LogP) is 2.36. The number of esters is 2. The average molecular weight is 447 g/mol. The van der Waals surface area contributed by atoms with E-state index < -0.39 is 29.2 Å². The normalized spacial score (nSPS) is 11.4. The first-order valence-electron chi connectivity index (χ1n) is 10.2. The maximum atomic E-state index is 13.0. The van der Waals surface area contributed by atoms with Crippen LogP contribution in [0.3, 0.4) is 0 Å². The van der Waals surface area contributed by atoms with Crippen LogP contribution < -0.4 is 10.2 Å². The standard InChI is InChI=1S/C22H29N3O7/c1-6-29-18(26)22(19(27)30-7-2,24-20(28)32-21(3,4)5)17-13-23-25(14-17)31-15-16-11-9-8-10-12-16/h8-14H,6-7,15H2,1-5H3,(H,24,28). The SMILES string of the molecule is CCOC(=O)C(NC(=O)OC(C)(C)C)(C(=O)OCC)c1cnn(OCc2ccccc2)c1. The van der Waals surface area contributed by atoms with Gasteiger partial charge in [0.25, 0.3) is 5.54 Å². The minimum atomic E-state index is -2.33. The molecule has 1 heterocycles. The van der Waals surface area contributed by atoms with Crippen LogP contribution in [-0.4, -0.2) is 46.8 Å². The Hall–Kier alpha value is -3.56. The minimum Gasteiger partial charge on any atom is -0.464 e. The molecule has 174 valence electrons. The lowest BCUT2D eigenvalue weighted by atomic mass is 9.92. The summed E-state index contributed by atoms with van der Waals surface area (Å²) >= 11 is 0. The van der Waals surface area contributed by atoms with Crippen molar-refractivity contribution >= 4 is 18.0 Å². The van der Waals surface area contributed by atoms with Crippen molar-refractivity contribution in [2.75, 3.05) is 13.2 Å². The van der Waals surface area contributed by atoms with Crippen molar-refractivity contribution in [1.82, 2.24) is 15.3 Å². The number of carbonyl (C=O) groups is 3. The Balaban J connectivity index is 2.41. The Bertz CT molecular complexity index is 901. The number of rotatable bonds is 9. The Morgan fingerprint density at radius 2 is 1.59 bits per heavy atom. The van der Waals surface area contributed by atoms with E-state index in [-0.39, 0.29) is 25.4 Å². The molecule has 0 fully saturated rings. The molecule has 0 aliphatic rings. The highest BCUT2D eigenvalue weighted by atomic mass is 16.7. The van der Waals surface area contributed by atoms with Gasteiger partial charge in [-0.3, -0.25) is 5.32 Å². The number of alkyl carbamates (subject to hydrolysis) is 1. The Labute approximate surface area is 186 Å². The number of amides is 1. The average Bonchev–Trinajstić information content (AvgIpc) is 3.19. The van der Waals surface area contributed by atoms with E-state index in [4.69, 9.17) is 19.0 Å². The smallest absolute Gasteiger partial charge is 0.409 e. The zero-order valence-electron chi connectivity index (χ0n) is 18.9. The largest absolute Gasteiger partial charge is 0.464 e. The third kappa shape index (κ3) is 6.22. The van der Waals surface area contributed by atoms with Crippen molar-refractivity contribution in [2.24, 2.45) is 0 Å². The molecular weight excluding hydrogens is 418 g/mol. The highest BCUT2D eigenvalue weighted by molar-refractivity contribution is 6.08. The third-order valence-corrected chi connectivity index (χ3v) is 4.05. The van der Waals surface area contributed by atoms with Crippen LogP contribution in [0.25, 0.3) is 0 Å². The van der Waals surface area contributed by atoms with E-state index in [0.717, 1.165) is 10.4 Å². The van der Waals surface area contributed by atoms with Crippen LogP contribution in [0, 0.1) is 0 Å². The van der Waals surface area contributed by atoms with E-state index in [9.17, 15) is 14.4 Å². The molecule has 0 spiro atoms. The number of nitrogens with zero attached hydrogens (tertiary/aromatic N) is 2. The summed E-state index contributed by atoms with van der Waals surface area (Å²) in [4.78, 5) is 45.3. The highest BCUT2D eigenvalue weighted by Gasteiger charge is 2.54. The van der Waals surface area contributed by atoms with Gasteiger partial charge in [0, 0.05) is 5.56 Å². The van der Waals surface area contributed by atoms with Crippen molar-refractivity contribution in [2.45, 2.75) is 52.4 Å². The van der Waals surface area contributed by atoms with Crippen LogP contribution in [0.5, 0.6) is 0 Å². The summed E-state index contributed by atoms with van der Waals surface area (Å²) in [5.41, 5.74) is -2.32. The zero-order chi connectivity index (χ0) is 23.8. The molecule has 1 aromatic heterocycles. The number of carbonyl (C=O) groups excluding carboxylic acids is 3. The first-order valence-corrected chi connectivity index (χ1v) is 10.2. The van der Waals surface area contributed by atoms with Gasteiger partial charge >= 0.3 is 18.0 Å². The molecule has 0 saturated carbocycles. The second kappa shape index (κ2) is 10.7. The van der Waals surface area contributed by atoms with Crippen LogP contribution in [0.2, 0.25) is 0 Å². The third-order valence-electron chi connectivity index (χ3n) is 4.05. The molecule has 0 unspecified atom stereocenters. The molecule has 0 bridgehead atoms. The van der Waals surface area contributed by atoms with Gasteiger partial charge in [-0.05, 0) is 40.2 Å².